The SMILES string of the molecule is [2H]C([2H])(CCC(C)CO)[C@@H](C)[C@H]1C([2H])([2H])C[C@H]2[C@@H]3C(=O)C=C4C[C@@H](O)CC[C@]4(C)[C@H]3CC[C@@]21C. The Morgan fingerprint density at radius 1 is 1.23 bits per heavy atom. The molecule has 9 atom stereocenters. The molecule has 0 aromatic carbocycles. The Morgan fingerprint density at radius 2 is 2.00 bits per heavy atom. The Labute approximate surface area is 189 Å². The summed E-state index contributed by atoms with van der Waals surface area (Å²) in [5.41, 5.74) is 0.553. The molecule has 1 unspecified atom stereocenters. The van der Waals surface area contributed by atoms with Crippen molar-refractivity contribution in [3.05, 3.63) is 11.6 Å². The van der Waals surface area contributed by atoms with Crippen LogP contribution >= 0.6 is 0 Å². The number of carbonyl (C=O) groups excluding carboxylic acids is 1. The first kappa shape index (κ1) is 17.8. The van der Waals surface area contributed by atoms with Crippen molar-refractivity contribution >= 4 is 5.78 Å². The van der Waals surface area contributed by atoms with Crippen LogP contribution in [0.4, 0.5) is 0 Å². The van der Waals surface area contributed by atoms with Crippen molar-refractivity contribution in [2.45, 2.75) is 97.9 Å². The van der Waals surface area contributed by atoms with Gasteiger partial charge >= 0.3 is 0 Å². The molecule has 4 aliphatic carbocycles. The summed E-state index contributed by atoms with van der Waals surface area (Å²) >= 11 is 0. The minimum absolute atomic E-state index is 0.0250. The number of fused-ring (bicyclic) bond motifs is 5. The summed E-state index contributed by atoms with van der Waals surface area (Å²) in [6.45, 7) is 8.20. The molecule has 0 spiro atoms. The van der Waals surface area contributed by atoms with E-state index in [1.807, 2.05) is 13.8 Å². The molecule has 3 nitrogen and oxygen atoms in total. The largest absolute Gasteiger partial charge is 0.396 e. The number of aliphatic hydroxyl groups is 2. The number of hydrogen-bond donors (Lipinski definition) is 2. The normalized spacial score (nSPS) is 49.3. The summed E-state index contributed by atoms with van der Waals surface area (Å²) in [5, 5.41) is 19.6. The molecule has 0 aromatic heterocycles. The predicted molar refractivity (Wildman–Crippen MR) is 121 cm³/mol. The van der Waals surface area contributed by atoms with Gasteiger partial charge in [-0.05, 0) is 97.8 Å². The zero-order chi connectivity index (χ0) is 25.3. The Hall–Kier alpha value is -0.670. The Morgan fingerprint density at radius 3 is 2.73 bits per heavy atom. The third-order valence-electron chi connectivity index (χ3n) is 9.54. The number of rotatable bonds is 6. The summed E-state index contributed by atoms with van der Waals surface area (Å²) in [4.78, 5) is 13.5. The molecule has 4 aliphatic rings. The van der Waals surface area contributed by atoms with Crippen LogP contribution in [0.3, 0.4) is 0 Å². The minimum atomic E-state index is -1.54. The van der Waals surface area contributed by atoms with Crippen molar-refractivity contribution in [3.8, 4) is 0 Å². The molecule has 0 amide bonds. The maximum atomic E-state index is 13.5. The van der Waals surface area contributed by atoms with E-state index < -0.39 is 30.0 Å². The van der Waals surface area contributed by atoms with Crippen molar-refractivity contribution in [2.24, 2.45) is 46.3 Å². The van der Waals surface area contributed by atoms with Gasteiger partial charge in [-0.15, -0.1) is 0 Å². The van der Waals surface area contributed by atoms with Crippen LogP contribution < -0.4 is 0 Å². The number of ketones is 1. The smallest absolute Gasteiger partial charge is 0.159 e. The summed E-state index contributed by atoms with van der Waals surface area (Å²) < 4.78 is 35.8. The van der Waals surface area contributed by atoms with Crippen LogP contribution in [0.25, 0.3) is 0 Å². The highest BCUT2D eigenvalue weighted by Gasteiger charge is 2.61. The summed E-state index contributed by atoms with van der Waals surface area (Å²) in [6, 6.07) is 0. The zero-order valence-corrected chi connectivity index (χ0v) is 19.3. The molecule has 3 saturated carbocycles. The Bertz CT molecular complexity index is 842. The topological polar surface area (TPSA) is 57.5 Å². The van der Waals surface area contributed by atoms with Gasteiger partial charge in [0.1, 0.15) is 0 Å². The van der Waals surface area contributed by atoms with Crippen LogP contribution in [-0.4, -0.2) is 28.7 Å². The highest BCUT2D eigenvalue weighted by molar-refractivity contribution is 5.94. The quantitative estimate of drug-likeness (QED) is 0.593. The average molecular weight is 421 g/mol. The third kappa shape index (κ3) is 3.62. The van der Waals surface area contributed by atoms with E-state index in [-0.39, 0.29) is 47.6 Å². The number of allylic oxidation sites excluding steroid dienone is 1. The fraction of sp³-hybridized carbons (Fsp3) is 0.889. The molecule has 3 fully saturated rings. The van der Waals surface area contributed by atoms with Crippen molar-refractivity contribution < 1.29 is 20.5 Å². The van der Waals surface area contributed by atoms with Gasteiger partial charge in [-0.25, -0.2) is 0 Å². The number of carbonyl (C=O) groups is 1. The van der Waals surface area contributed by atoms with Crippen molar-refractivity contribution in [1.82, 2.24) is 0 Å². The predicted octanol–water partition coefficient (Wildman–Crippen LogP) is 5.54. The Balaban J connectivity index is 1.66. The number of aliphatic hydroxyl groups excluding tert-OH is 2. The standard InChI is InChI=1S/C27H44O3/c1-17(16-28)6-5-7-18(2)21-8-9-22-25-23(11-13-27(21,22)4)26(3)12-10-20(29)14-19(26)15-24(25)30/h15,17-18,20-23,25,28-29H,5-14,16H2,1-4H3/t17?,18-,20+,21-,22+,23+,25+,26+,27-/m1/s1/i7D2,8D2. The van der Waals surface area contributed by atoms with Crippen LogP contribution in [0, 0.1) is 46.3 Å². The van der Waals surface area contributed by atoms with Gasteiger partial charge in [0.15, 0.2) is 5.78 Å². The lowest BCUT2D eigenvalue weighted by molar-refractivity contribution is -0.135. The molecule has 3 heteroatoms. The van der Waals surface area contributed by atoms with E-state index in [0.717, 1.165) is 31.3 Å². The van der Waals surface area contributed by atoms with Crippen molar-refractivity contribution in [3.63, 3.8) is 0 Å². The van der Waals surface area contributed by atoms with E-state index >= 15 is 0 Å². The number of hydrogen-bond acceptors (Lipinski definition) is 3. The molecular weight excluding hydrogens is 372 g/mol. The monoisotopic (exact) mass is 420 g/mol. The van der Waals surface area contributed by atoms with Crippen molar-refractivity contribution in [1.29, 1.82) is 0 Å². The van der Waals surface area contributed by atoms with Crippen LogP contribution in [0.1, 0.15) is 97.3 Å². The summed E-state index contributed by atoms with van der Waals surface area (Å²) in [7, 11) is 0. The van der Waals surface area contributed by atoms with E-state index in [4.69, 9.17) is 5.48 Å². The average Bonchev–Trinajstić information content (AvgIpc) is 2.97. The molecule has 4 rings (SSSR count). The van der Waals surface area contributed by atoms with Crippen LogP contribution in [0.5, 0.6) is 0 Å². The zero-order valence-electron chi connectivity index (χ0n) is 23.3. The lowest BCUT2D eigenvalue weighted by Crippen LogP contribution is -2.53. The second kappa shape index (κ2) is 8.35. The van der Waals surface area contributed by atoms with Gasteiger partial charge in [0.05, 0.1) is 6.10 Å². The first-order valence-corrected chi connectivity index (χ1v) is 12.2. The van der Waals surface area contributed by atoms with E-state index in [9.17, 15) is 15.0 Å². The van der Waals surface area contributed by atoms with Crippen LogP contribution in [0.2, 0.25) is 0 Å². The molecule has 0 radical (unpaired) electrons. The first-order chi connectivity index (χ1) is 15.7. The highest BCUT2D eigenvalue weighted by Crippen LogP contribution is 2.66. The van der Waals surface area contributed by atoms with Gasteiger partial charge in [0, 0.05) is 18.0 Å². The fourth-order valence-corrected chi connectivity index (χ4v) is 7.51. The van der Waals surface area contributed by atoms with Gasteiger partial charge < -0.3 is 10.2 Å². The second-order valence-electron chi connectivity index (χ2n) is 11.4. The van der Waals surface area contributed by atoms with E-state index in [1.165, 1.54) is 0 Å². The molecule has 0 heterocycles. The van der Waals surface area contributed by atoms with Gasteiger partial charge in [-0.3, -0.25) is 4.79 Å². The Kier molecular flexibility index (Phi) is 4.97. The maximum Gasteiger partial charge on any atom is 0.159 e. The molecule has 30 heavy (non-hydrogen) atoms. The van der Waals surface area contributed by atoms with Crippen LogP contribution in [-0.2, 0) is 4.79 Å². The maximum absolute atomic E-state index is 13.5. The molecule has 0 aromatic rings. The lowest BCUT2D eigenvalue weighted by Gasteiger charge is -2.57. The molecule has 2 N–H and O–H groups in total. The molecular formula is C27H44O3. The van der Waals surface area contributed by atoms with Gasteiger partial charge in [-0.2, -0.15) is 0 Å². The summed E-state index contributed by atoms with van der Waals surface area (Å²) in [6.07, 6.45) is 3.41. The van der Waals surface area contributed by atoms with Gasteiger partial charge in [0.2, 0.25) is 0 Å². The van der Waals surface area contributed by atoms with Crippen LogP contribution in [0.15, 0.2) is 11.6 Å². The highest BCUT2D eigenvalue weighted by atomic mass is 16.3. The summed E-state index contributed by atoms with van der Waals surface area (Å²) in [5.74, 6) is -0.930. The molecule has 170 valence electrons. The van der Waals surface area contributed by atoms with Gasteiger partial charge in [-0.1, -0.05) is 46.1 Å². The molecule has 0 bridgehead atoms. The third-order valence-corrected chi connectivity index (χ3v) is 9.54. The lowest BCUT2D eigenvalue weighted by atomic mass is 9.46. The second-order valence-corrected chi connectivity index (χ2v) is 11.4. The fourth-order valence-electron chi connectivity index (χ4n) is 7.51. The van der Waals surface area contributed by atoms with Gasteiger partial charge in [0.25, 0.3) is 0 Å². The molecule has 0 aliphatic heterocycles. The van der Waals surface area contributed by atoms with E-state index in [2.05, 4.69) is 13.8 Å². The first-order valence-electron chi connectivity index (χ1n) is 14.2. The van der Waals surface area contributed by atoms with Crippen molar-refractivity contribution in [2.75, 3.05) is 6.61 Å². The van der Waals surface area contributed by atoms with E-state index in [0.29, 0.717) is 25.7 Å². The minimum Gasteiger partial charge on any atom is -0.396 e. The molecule has 0 saturated heterocycles. The van der Waals surface area contributed by atoms with E-state index in [1.54, 1.807) is 6.08 Å².